The monoisotopic (exact) mass is 266 g/mol. The van der Waals surface area contributed by atoms with E-state index in [0.717, 1.165) is 29.9 Å². The van der Waals surface area contributed by atoms with E-state index in [4.69, 9.17) is 5.73 Å². The van der Waals surface area contributed by atoms with E-state index < -0.39 is 0 Å². The van der Waals surface area contributed by atoms with Crippen molar-refractivity contribution in [3.05, 3.63) is 42.4 Å². The van der Waals surface area contributed by atoms with Crippen molar-refractivity contribution in [3.8, 4) is 11.4 Å². The van der Waals surface area contributed by atoms with Crippen molar-refractivity contribution in [2.45, 2.75) is 26.2 Å². The second kappa shape index (κ2) is 5.41. The van der Waals surface area contributed by atoms with Crippen LogP contribution in [0.25, 0.3) is 17.0 Å². The zero-order valence-corrected chi connectivity index (χ0v) is 11.6. The third-order valence-corrected chi connectivity index (χ3v) is 3.77. The van der Waals surface area contributed by atoms with Crippen LogP contribution in [0.4, 0.5) is 5.82 Å². The van der Waals surface area contributed by atoms with Gasteiger partial charge in [-0.3, -0.25) is 0 Å². The third kappa shape index (κ3) is 2.54. The van der Waals surface area contributed by atoms with Gasteiger partial charge in [0.25, 0.3) is 0 Å². The van der Waals surface area contributed by atoms with Crippen molar-refractivity contribution in [1.29, 1.82) is 0 Å². The summed E-state index contributed by atoms with van der Waals surface area (Å²) >= 11 is 0. The highest BCUT2D eigenvalue weighted by Crippen LogP contribution is 2.32. The van der Waals surface area contributed by atoms with Gasteiger partial charge in [-0.2, -0.15) is 0 Å². The van der Waals surface area contributed by atoms with Crippen molar-refractivity contribution < 1.29 is 0 Å². The summed E-state index contributed by atoms with van der Waals surface area (Å²) in [5.74, 6) is 1.88. The van der Waals surface area contributed by atoms with Gasteiger partial charge >= 0.3 is 0 Å². The van der Waals surface area contributed by atoms with Crippen LogP contribution in [0.3, 0.4) is 0 Å². The van der Waals surface area contributed by atoms with Crippen LogP contribution in [0.5, 0.6) is 0 Å². The van der Waals surface area contributed by atoms with Crippen LogP contribution in [-0.4, -0.2) is 15.0 Å². The molecule has 20 heavy (non-hydrogen) atoms. The molecule has 0 amide bonds. The van der Waals surface area contributed by atoms with Crippen molar-refractivity contribution in [2.24, 2.45) is 5.92 Å². The Hall–Kier alpha value is -2.23. The molecular weight excluding hydrogens is 248 g/mol. The molecule has 3 rings (SSSR count). The van der Waals surface area contributed by atoms with Gasteiger partial charge in [-0.15, -0.1) is 0 Å². The number of aromatic nitrogens is 3. The Bertz CT molecular complexity index is 634. The largest absolute Gasteiger partial charge is 0.383 e. The van der Waals surface area contributed by atoms with Crippen molar-refractivity contribution in [1.82, 2.24) is 15.0 Å². The minimum atomic E-state index is 0.477. The predicted molar refractivity (Wildman–Crippen MR) is 80.7 cm³/mol. The van der Waals surface area contributed by atoms with Crippen LogP contribution in [-0.2, 0) is 0 Å². The van der Waals surface area contributed by atoms with E-state index in [9.17, 15) is 0 Å². The Balaban J connectivity index is 1.99. The van der Waals surface area contributed by atoms with Gasteiger partial charge in [-0.25, -0.2) is 15.0 Å². The highest BCUT2D eigenvalue weighted by molar-refractivity contribution is 5.75. The normalized spacial score (nSPS) is 18.6. The van der Waals surface area contributed by atoms with Crippen LogP contribution >= 0.6 is 0 Å². The first kappa shape index (κ1) is 12.8. The zero-order chi connectivity index (χ0) is 13.9. The van der Waals surface area contributed by atoms with Gasteiger partial charge in [0.2, 0.25) is 0 Å². The van der Waals surface area contributed by atoms with Crippen molar-refractivity contribution in [3.63, 3.8) is 0 Å². The standard InChI is InChI=1S/C16H18N4/c1-11-3-5-12(6-4-11)13-9-14(15(17)20-10-13)16-18-7-2-8-19-16/h2,5,7-11H,3-4,6H2,1H3,(H2,17,20)/t11-/m0/s1. The molecule has 102 valence electrons. The van der Waals surface area contributed by atoms with E-state index in [1.807, 2.05) is 6.20 Å². The lowest BCUT2D eigenvalue weighted by atomic mass is 9.88. The summed E-state index contributed by atoms with van der Waals surface area (Å²) in [4.78, 5) is 12.8. The Labute approximate surface area is 118 Å². The summed E-state index contributed by atoms with van der Waals surface area (Å²) in [5.41, 5.74) is 9.26. The number of hydrogen-bond acceptors (Lipinski definition) is 4. The predicted octanol–water partition coefficient (Wildman–Crippen LogP) is 3.32. The summed E-state index contributed by atoms with van der Waals surface area (Å²) in [6.45, 7) is 2.29. The summed E-state index contributed by atoms with van der Waals surface area (Å²) < 4.78 is 0. The Morgan fingerprint density at radius 1 is 1.20 bits per heavy atom. The quantitative estimate of drug-likeness (QED) is 0.905. The smallest absolute Gasteiger partial charge is 0.162 e. The van der Waals surface area contributed by atoms with Gasteiger partial charge in [0, 0.05) is 18.6 Å². The van der Waals surface area contributed by atoms with E-state index in [-0.39, 0.29) is 0 Å². The Morgan fingerprint density at radius 2 is 2.00 bits per heavy atom. The van der Waals surface area contributed by atoms with E-state index in [1.165, 1.54) is 12.0 Å². The molecule has 4 nitrogen and oxygen atoms in total. The maximum absolute atomic E-state index is 5.96. The number of nitrogen functional groups attached to an aromatic ring is 1. The molecule has 0 unspecified atom stereocenters. The second-order valence-corrected chi connectivity index (χ2v) is 5.34. The highest BCUT2D eigenvalue weighted by atomic mass is 14.9. The molecule has 0 radical (unpaired) electrons. The van der Waals surface area contributed by atoms with Crippen molar-refractivity contribution in [2.75, 3.05) is 5.73 Å². The molecule has 0 aromatic carbocycles. The Morgan fingerprint density at radius 3 is 2.70 bits per heavy atom. The molecule has 2 N–H and O–H groups in total. The summed E-state index contributed by atoms with van der Waals surface area (Å²) in [6, 6.07) is 3.85. The van der Waals surface area contributed by atoms with Crippen LogP contribution in [0.15, 0.2) is 36.8 Å². The van der Waals surface area contributed by atoms with Gasteiger partial charge in [0.05, 0.1) is 5.56 Å². The SMILES string of the molecule is C[C@H]1CC=C(c2cnc(N)c(-c3ncccn3)c2)CC1. The molecule has 2 heterocycles. The first-order valence-corrected chi connectivity index (χ1v) is 6.96. The highest BCUT2D eigenvalue weighted by Gasteiger charge is 2.14. The van der Waals surface area contributed by atoms with Gasteiger partial charge in [-0.1, -0.05) is 13.0 Å². The minimum absolute atomic E-state index is 0.477. The number of hydrogen-bond donors (Lipinski definition) is 1. The van der Waals surface area contributed by atoms with Crippen LogP contribution in [0.2, 0.25) is 0 Å². The molecule has 0 saturated carbocycles. The third-order valence-electron chi connectivity index (χ3n) is 3.77. The molecule has 0 aliphatic heterocycles. The summed E-state index contributed by atoms with van der Waals surface area (Å²) in [7, 11) is 0. The lowest BCUT2D eigenvalue weighted by Gasteiger charge is -2.18. The topological polar surface area (TPSA) is 64.7 Å². The van der Waals surface area contributed by atoms with Gasteiger partial charge in [0.15, 0.2) is 5.82 Å². The molecule has 0 spiro atoms. The maximum atomic E-state index is 5.96. The molecule has 4 heteroatoms. The fourth-order valence-corrected chi connectivity index (χ4v) is 2.50. The number of pyridine rings is 1. The fourth-order valence-electron chi connectivity index (χ4n) is 2.50. The molecule has 1 aliphatic carbocycles. The summed E-state index contributed by atoms with van der Waals surface area (Å²) in [5, 5.41) is 0. The molecular formula is C16H18N4. The lowest BCUT2D eigenvalue weighted by Crippen LogP contribution is -2.03. The van der Waals surface area contributed by atoms with E-state index in [1.54, 1.807) is 18.5 Å². The molecule has 1 aliphatic rings. The van der Waals surface area contributed by atoms with Gasteiger partial charge in [0.1, 0.15) is 5.82 Å². The number of nitrogens with two attached hydrogens (primary N) is 1. The molecule has 0 fully saturated rings. The summed E-state index contributed by atoms with van der Waals surface area (Å²) in [6.07, 6.45) is 11.1. The van der Waals surface area contributed by atoms with Gasteiger partial charge in [-0.05, 0) is 48.4 Å². The molecule has 2 aromatic rings. The van der Waals surface area contributed by atoms with Crippen LogP contribution < -0.4 is 5.73 Å². The number of allylic oxidation sites excluding steroid dienone is 2. The van der Waals surface area contributed by atoms with E-state index >= 15 is 0 Å². The van der Waals surface area contributed by atoms with E-state index in [0.29, 0.717) is 11.6 Å². The lowest BCUT2D eigenvalue weighted by molar-refractivity contribution is 0.534. The van der Waals surface area contributed by atoms with Gasteiger partial charge < -0.3 is 5.73 Å². The zero-order valence-electron chi connectivity index (χ0n) is 11.6. The van der Waals surface area contributed by atoms with Crippen molar-refractivity contribution >= 4 is 11.4 Å². The molecule has 2 aromatic heterocycles. The van der Waals surface area contributed by atoms with Crippen LogP contribution in [0.1, 0.15) is 31.7 Å². The average molecular weight is 266 g/mol. The minimum Gasteiger partial charge on any atom is -0.383 e. The number of anilines is 1. The average Bonchev–Trinajstić information content (AvgIpc) is 2.50. The maximum Gasteiger partial charge on any atom is 0.162 e. The second-order valence-electron chi connectivity index (χ2n) is 5.34. The fraction of sp³-hybridized carbons (Fsp3) is 0.312. The van der Waals surface area contributed by atoms with Crippen LogP contribution in [0, 0.1) is 5.92 Å². The molecule has 0 saturated heterocycles. The molecule has 1 atom stereocenters. The van der Waals surface area contributed by atoms with E-state index in [2.05, 4.69) is 34.0 Å². The molecule has 0 bridgehead atoms. The first-order chi connectivity index (χ1) is 9.74. The first-order valence-electron chi connectivity index (χ1n) is 6.96. The Kier molecular flexibility index (Phi) is 3.46. The number of nitrogens with zero attached hydrogens (tertiary/aromatic N) is 3. The number of rotatable bonds is 2.